The lowest BCUT2D eigenvalue weighted by molar-refractivity contribution is 0.390. The van der Waals surface area contributed by atoms with Gasteiger partial charge in [0.15, 0.2) is 0 Å². The Morgan fingerprint density at radius 1 is 1.27 bits per heavy atom. The predicted octanol–water partition coefficient (Wildman–Crippen LogP) is 4.00. The third-order valence-electron chi connectivity index (χ3n) is 3.33. The SMILES string of the molecule is CCCC(C)c1cncn1C(C)C(C)C. The number of imidazole rings is 1. The fourth-order valence-corrected chi connectivity index (χ4v) is 1.94. The lowest BCUT2D eigenvalue weighted by Crippen LogP contribution is -2.14. The summed E-state index contributed by atoms with van der Waals surface area (Å²) in [5, 5.41) is 0. The molecule has 0 amide bonds. The summed E-state index contributed by atoms with van der Waals surface area (Å²) in [6.07, 6.45) is 6.49. The van der Waals surface area contributed by atoms with Gasteiger partial charge in [0.05, 0.1) is 6.33 Å². The molecule has 0 aromatic carbocycles. The van der Waals surface area contributed by atoms with Crippen LogP contribution in [0.1, 0.15) is 65.1 Å². The van der Waals surface area contributed by atoms with Crippen LogP contribution in [-0.2, 0) is 0 Å². The van der Waals surface area contributed by atoms with E-state index in [1.54, 1.807) is 0 Å². The summed E-state index contributed by atoms with van der Waals surface area (Å²) >= 11 is 0. The van der Waals surface area contributed by atoms with Gasteiger partial charge in [-0.2, -0.15) is 0 Å². The fraction of sp³-hybridized carbons (Fsp3) is 0.769. The van der Waals surface area contributed by atoms with Crippen molar-refractivity contribution in [3.05, 3.63) is 18.2 Å². The molecule has 0 aliphatic rings. The Kier molecular flexibility index (Phi) is 4.37. The molecule has 0 spiro atoms. The molecular weight excluding hydrogens is 184 g/mol. The molecule has 0 aliphatic carbocycles. The maximum absolute atomic E-state index is 4.29. The number of nitrogens with zero attached hydrogens (tertiary/aromatic N) is 2. The second kappa shape index (κ2) is 5.34. The summed E-state index contributed by atoms with van der Waals surface area (Å²) in [6.45, 7) is 11.3. The van der Waals surface area contributed by atoms with E-state index in [-0.39, 0.29) is 0 Å². The van der Waals surface area contributed by atoms with Crippen molar-refractivity contribution in [3.8, 4) is 0 Å². The van der Waals surface area contributed by atoms with E-state index >= 15 is 0 Å². The third kappa shape index (κ3) is 2.83. The first-order valence-corrected chi connectivity index (χ1v) is 6.09. The van der Waals surface area contributed by atoms with Gasteiger partial charge in [0.25, 0.3) is 0 Å². The first-order chi connectivity index (χ1) is 7.07. The topological polar surface area (TPSA) is 17.8 Å². The Balaban J connectivity index is 2.85. The van der Waals surface area contributed by atoms with Crippen LogP contribution in [0.25, 0.3) is 0 Å². The van der Waals surface area contributed by atoms with Gasteiger partial charge in [0, 0.05) is 17.9 Å². The molecule has 0 saturated heterocycles. The molecule has 0 radical (unpaired) electrons. The summed E-state index contributed by atoms with van der Waals surface area (Å²) < 4.78 is 2.34. The number of hydrogen-bond donors (Lipinski definition) is 0. The van der Waals surface area contributed by atoms with Gasteiger partial charge in [-0.15, -0.1) is 0 Å². The van der Waals surface area contributed by atoms with E-state index in [2.05, 4.69) is 44.2 Å². The number of rotatable bonds is 5. The summed E-state index contributed by atoms with van der Waals surface area (Å²) in [7, 11) is 0. The third-order valence-corrected chi connectivity index (χ3v) is 3.33. The Bertz CT molecular complexity index is 288. The first-order valence-electron chi connectivity index (χ1n) is 6.09. The monoisotopic (exact) mass is 208 g/mol. The second-order valence-corrected chi connectivity index (χ2v) is 4.90. The Labute approximate surface area is 93.7 Å². The van der Waals surface area contributed by atoms with Crippen LogP contribution >= 0.6 is 0 Å². The maximum Gasteiger partial charge on any atom is 0.0950 e. The maximum atomic E-state index is 4.29. The lowest BCUT2D eigenvalue weighted by atomic mass is 10.0. The van der Waals surface area contributed by atoms with Crippen LogP contribution in [0.5, 0.6) is 0 Å². The molecule has 2 unspecified atom stereocenters. The van der Waals surface area contributed by atoms with Crippen LogP contribution in [0.2, 0.25) is 0 Å². The van der Waals surface area contributed by atoms with Crippen molar-refractivity contribution >= 4 is 0 Å². The number of aromatic nitrogens is 2. The molecule has 0 bridgehead atoms. The highest BCUT2D eigenvalue weighted by atomic mass is 15.1. The fourth-order valence-electron chi connectivity index (χ4n) is 1.94. The molecule has 15 heavy (non-hydrogen) atoms. The van der Waals surface area contributed by atoms with Crippen molar-refractivity contribution in [2.24, 2.45) is 5.92 Å². The second-order valence-electron chi connectivity index (χ2n) is 4.90. The normalized spacial score (nSPS) is 15.6. The molecule has 0 saturated carbocycles. The highest BCUT2D eigenvalue weighted by Crippen LogP contribution is 2.25. The summed E-state index contributed by atoms with van der Waals surface area (Å²) in [6, 6.07) is 0.543. The molecule has 1 aromatic rings. The zero-order chi connectivity index (χ0) is 11.4. The molecule has 1 heterocycles. The molecule has 86 valence electrons. The zero-order valence-corrected chi connectivity index (χ0v) is 10.7. The molecule has 0 fully saturated rings. The van der Waals surface area contributed by atoms with Crippen molar-refractivity contribution in [2.45, 2.75) is 59.4 Å². The van der Waals surface area contributed by atoms with Crippen molar-refractivity contribution in [2.75, 3.05) is 0 Å². The van der Waals surface area contributed by atoms with Crippen LogP contribution in [0.3, 0.4) is 0 Å². The summed E-state index contributed by atoms with van der Waals surface area (Å²) in [5.41, 5.74) is 1.39. The predicted molar refractivity (Wildman–Crippen MR) is 65.1 cm³/mol. The van der Waals surface area contributed by atoms with Gasteiger partial charge in [0.1, 0.15) is 0 Å². The van der Waals surface area contributed by atoms with Gasteiger partial charge in [-0.1, -0.05) is 34.1 Å². The van der Waals surface area contributed by atoms with E-state index in [9.17, 15) is 0 Å². The van der Waals surface area contributed by atoms with Crippen LogP contribution in [0.4, 0.5) is 0 Å². The Morgan fingerprint density at radius 3 is 2.47 bits per heavy atom. The molecule has 1 rings (SSSR count). The molecule has 1 aromatic heterocycles. The highest BCUT2D eigenvalue weighted by molar-refractivity contribution is 5.06. The average molecular weight is 208 g/mol. The van der Waals surface area contributed by atoms with Crippen LogP contribution in [0.15, 0.2) is 12.5 Å². The highest BCUT2D eigenvalue weighted by Gasteiger charge is 2.16. The van der Waals surface area contributed by atoms with E-state index in [0.717, 1.165) is 0 Å². The molecule has 2 heteroatoms. The summed E-state index contributed by atoms with van der Waals surface area (Å²) in [5.74, 6) is 1.28. The van der Waals surface area contributed by atoms with E-state index in [1.165, 1.54) is 18.5 Å². The van der Waals surface area contributed by atoms with Gasteiger partial charge in [-0.3, -0.25) is 0 Å². The smallest absolute Gasteiger partial charge is 0.0950 e. The molecular formula is C13H24N2. The van der Waals surface area contributed by atoms with Gasteiger partial charge in [-0.05, 0) is 25.2 Å². The lowest BCUT2D eigenvalue weighted by Gasteiger charge is -2.22. The molecule has 2 atom stereocenters. The van der Waals surface area contributed by atoms with Crippen LogP contribution in [0, 0.1) is 5.92 Å². The first kappa shape index (κ1) is 12.3. The van der Waals surface area contributed by atoms with Crippen molar-refractivity contribution in [1.29, 1.82) is 0 Å². The molecule has 2 nitrogen and oxygen atoms in total. The Morgan fingerprint density at radius 2 is 1.93 bits per heavy atom. The average Bonchev–Trinajstić information content (AvgIpc) is 2.65. The Hall–Kier alpha value is -0.790. The van der Waals surface area contributed by atoms with E-state index in [0.29, 0.717) is 17.9 Å². The van der Waals surface area contributed by atoms with Crippen LogP contribution in [-0.4, -0.2) is 9.55 Å². The summed E-state index contributed by atoms with van der Waals surface area (Å²) in [4.78, 5) is 4.29. The van der Waals surface area contributed by atoms with Crippen molar-refractivity contribution in [1.82, 2.24) is 9.55 Å². The molecule has 0 N–H and O–H groups in total. The van der Waals surface area contributed by atoms with E-state index in [4.69, 9.17) is 0 Å². The minimum Gasteiger partial charge on any atom is -0.331 e. The van der Waals surface area contributed by atoms with Crippen molar-refractivity contribution < 1.29 is 0 Å². The van der Waals surface area contributed by atoms with Gasteiger partial charge < -0.3 is 4.57 Å². The minimum atomic E-state index is 0.543. The van der Waals surface area contributed by atoms with Gasteiger partial charge in [0.2, 0.25) is 0 Å². The van der Waals surface area contributed by atoms with Crippen LogP contribution < -0.4 is 0 Å². The van der Waals surface area contributed by atoms with E-state index < -0.39 is 0 Å². The van der Waals surface area contributed by atoms with Gasteiger partial charge >= 0.3 is 0 Å². The standard InChI is InChI=1S/C13H24N2/c1-6-7-11(4)13-8-14-9-15(13)12(5)10(2)3/h8-12H,6-7H2,1-5H3. The molecule has 0 aliphatic heterocycles. The van der Waals surface area contributed by atoms with Crippen molar-refractivity contribution in [3.63, 3.8) is 0 Å². The number of hydrogen-bond acceptors (Lipinski definition) is 1. The largest absolute Gasteiger partial charge is 0.331 e. The van der Waals surface area contributed by atoms with E-state index in [1.807, 2.05) is 12.5 Å². The minimum absolute atomic E-state index is 0.543. The quantitative estimate of drug-likeness (QED) is 0.715. The zero-order valence-electron chi connectivity index (χ0n) is 10.7. The van der Waals surface area contributed by atoms with Gasteiger partial charge in [-0.25, -0.2) is 4.98 Å².